The van der Waals surface area contributed by atoms with Gasteiger partial charge < -0.3 is 20.4 Å². The number of hydrogen-bond donors (Lipinski definition) is 2. The van der Waals surface area contributed by atoms with E-state index in [2.05, 4.69) is 27.4 Å². The third-order valence-corrected chi connectivity index (χ3v) is 7.17. The molecule has 0 bridgehead atoms. The van der Waals surface area contributed by atoms with Gasteiger partial charge in [0.15, 0.2) is 0 Å². The molecular formula is C27H33N5O3. The molecule has 0 radical (unpaired) electrons. The number of hydrogen-bond acceptors (Lipinski definition) is 5. The lowest BCUT2D eigenvalue weighted by Crippen LogP contribution is -2.45. The van der Waals surface area contributed by atoms with Crippen molar-refractivity contribution in [3.05, 3.63) is 65.2 Å². The van der Waals surface area contributed by atoms with Crippen LogP contribution in [-0.4, -0.2) is 77.7 Å². The minimum absolute atomic E-state index is 0.0972. The molecule has 2 aromatic rings. The Labute approximate surface area is 206 Å². The average molecular weight is 476 g/mol. The normalized spacial score (nSPS) is 20.5. The Hall–Kier alpha value is -3.23. The molecule has 8 heteroatoms. The van der Waals surface area contributed by atoms with Gasteiger partial charge in [-0.1, -0.05) is 37.3 Å². The standard InChI is InChI=1S/C27H33N5O3/c1-2-30-13-15-31(16-14-30)18-19-7-9-20(10-8-19)29-24(33)17-28-26(34)25-22-5-3-4-6-23(22)27(35)32(25)21-11-12-21/h3-10,21,25H,2,11-18H2,1H3,(H,28,34)(H,29,33)/t25-/m1/s1. The Morgan fingerprint density at radius 3 is 2.31 bits per heavy atom. The minimum atomic E-state index is -0.669. The van der Waals surface area contributed by atoms with Crippen molar-refractivity contribution in [3.63, 3.8) is 0 Å². The van der Waals surface area contributed by atoms with Crippen LogP contribution in [0.3, 0.4) is 0 Å². The van der Waals surface area contributed by atoms with Gasteiger partial charge in [-0.05, 0) is 48.7 Å². The van der Waals surface area contributed by atoms with Crippen molar-refractivity contribution in [2.45, 2.75) is 38.4 Å². The van der Waals surface area contributed by atoms with E-state index in [1.54, 1.807) is 11.0 Å². The zero-order valence-electron chi connectivity index (χ0n) is 20.2. The Bertz CT molecular complexity index is 1090. The summed E-state index contributed by atoms with van der Waals surface area (Å²) in [6.45, 7) is 8.42. The first kappa shape index (κ1) is 23.5. The maximum atomic E-state index is 13.0. The molecule has 35 heavy (non-hydrogen) atoms. The van der Waals surface area contributed by atoms with Gasteiger partial charge in [-0.2, -0.15) is 0 Å². The number of carbonyl (C=O) groups is 3. The number of nitrogens with zero attached hydrogens (tertiary/aromatic N) is 3. The molecule has 1 aliphatic carbocycles. The molecule has 2 aliphatic heterocycles. The van der Waals surface area contributed by atoms with E-state index < -0.39 is 6.04 Å². The van der Waals surface area contributed by atoms with E-state index in [1.165, 1.54) is 5.56 Å². The van der Waals surface area contributed by atoms with Gasteiger partial charge in [0.2, 0.25) is 11.8 Å². The lowest BCUT2D eigenvalue weighted by atomic mass is 10.0. The highest BCUT2D eigenvalue weighted by Crippen LogP contribution is 2.41. The zero-order valence-corrected chi connectivity index (χ0v) is 20.2. The fourth-order valence-corrected chi connectivity index (χ4v) is 5.02. The van der Waals surface area contributed by atoms with E-state index in [0.717, 1.165) is 52.1 Å². The second kappa shape index (κ2) is 10.2. The SMILES string of the molecule is CCN1CCN(Cc2ccc(NC(=O)CNC(=O)[C@H]3c4ccccc4C(=O)N3C3CC3)cc2)CC1. The second-order valence-electron chi connectivity index (χ2n) is 9.61. The van der Waals surface area contributed by atoms with E-state index in [1.807, 2.05) is 42.5 Å². The van der Waals surface area contributed by atoms with Crippen LogP contribution in [0.1, 0.15) is 47.3 Å². The lowest BCUT2D eigenvalue weighted by Gasteiger charge is -2.34. The molecule has 1 saturated heterocycles. The number of likely N-dealkylation sites (N-methyl/N-ethyl adjacent to an activating group) is 1. The van der Waals surface area contributed by atoms with E-state index in [0.29, 0.717) is 16.8 Å². The van der Waals surface area contributed by atoms with Crippen LogP contribution in [0.4, 0.5) is 5.69 Å². The molecule has 0 unspecified atom stereocenters. The summed E-state index contributed by atoms with van der Waals surface area (Å²) in [5, 5.41) is 5.59. The lowest BCUT2D eigenvalue weighted by molar-refractivity contribution is -0.127. The highest BCUT2D eigenvalue weighted by atomic mass is 16.2. The van der Waals surface area contributed by atoms with Crippen molar-refractivity contribution in [1.29, 1.82) is 0 Å². The first-order valence-corrected chi connectivity index (χ1v) is 12.6. The van der Waals surface area contributed by atoms with Gasteiger partial charge in [0.1, 0.15) is 6.04 Å². The Morgan fingerprint density at radius 2 is 1.63 bits per heavy atom. The van der Waals surface area contributed by atoms with Crippen LogP contribution in [-0.2, 0) is 16.1 Å². The van der Waals surface area contributed by atoms with Crippen LogP contribution in [0.15, 0.2) is 48.5 Å². The van der Waals surface area contributed by atoms with Crippen molar-refractivity contribution < 1.29 is 14.4 Å². The van der Waals surface area contributed by atoms with Crippen LogP contribution in [0.25, 0.3) is 0 Å². The van der Waals surface area contributed by atoms with E-state index in [-0.39, 0.29) is 30.3 Å². The van der Waals surface area contributed by atoms with Gasteiger partial charge in [0, 0.05) is 50.0 Å². The molecule has 0 aromatic heterocycles. The monoisotopic (exact) mass is 475 g/mol. The van der Waals surface area contributed by atoms with Gasteiger partial charge in [0.05, 0.1) is 6.54 Å². The van der Waals surface area contributed by atoms with Gasteiger partial charge in [-0.3, -0.25) is 19.3 Å². The third-order valence-electron chi connectivity index (χ3n) is 7.17. The highest BCUT2D eigenvalue weighted by Gasteiger charge is 2.47. The summed E-state index contributed by atoms with van der Waals surface area (Å²) in [5.74, 6) is -0.707. The molecule has 8 nitrogen and oxygen atoms in total. The molecule has 5 rings (SSSR count). The molecular weight excluding hydrogens is 442 g/mol. The summed E-state index contributed by atoms with van der Waals surface area (Å²) in [5.41, 5.74) is 3.21. The third kappa shape index (κ3) is 5.23. The Balaban J connectivity index is 1.13. The molecule has 2 fully saturated rings. The maximum Gasteiger partial charge on any atom is 0.255 e. The van der Waals surface area contributed by atoms with Crippen LogP contribution in [0.5, 0.6) is 0 Å². The fourth-order valence-electron chi connectivity index (χ4n) is 5.02. The van der Waals surface area contributed by atoms with Crippen molar-refractivity contribution in [2.24, 2.45) is 0 Å². The van der Waals surface area contributed by atoms with Gasteiger partial charge in [0.25, 0.3) is 5.91 Å². The number of nitrogens with one attached hydrogen (secondary N) is 2. The number of rotatable bonds is 8. The van der Waals surface area contributed by atoms with Gasteiger partial charge >= 0.3 is 0 Å². The van der Waals surface area contributed by atoms with E-state index in [4.69, 9.17) is 0 Å². The van der Waals surface area contributed by atoms with Crippen molar-refractivity contribution in [1.82, 2.24) is 20.0 Å². The number of piperazine rings is 1. The molecule has 1 saturated carbocycles. The maximum absolute atomic E-state index is 13.0. The molecule has 3 aliphatic rings. The average Bonchev–Trinajstić information content (AvgIpc) is 3.68. The van der Waals surface area contributed by atoms with Crippen LogP contribution in [0, 0.1) is 0 Å². The summed E-state index contributed by atoms with van der Waals surface area (Å²) in [7, 11) is 0. The number of carbonyl (C=O) groups excluding carboxylic acids is 3. The fraction of sp³-hybridized carbons (Fsp3) is 0.444. The van der Waals surface area contributed by atoms with Gasteiger partial charge in [-0.15, -0.1) is 0 Å². The largest absolute Gasteiger partial charge is 0.345 e. The number of anilines is 1. The van der Waals surface area contributed by atoms with E-state index >= 15 is 0 Å². The summed E-state index contributed by atoms with van der Waals surface area (Å²) in [6.07, 6.45) is 1.82. The molecule has 184 valence electrons. The predicted octanol–water partition coefficient (Wildman–Crippen LogP) is 2.24. The van der Waals surface area contributed by atoms with Crippen molar-refractivity contribution >= 4 is 23.4 Å². The van der Waals surface area contributed by atoms with E-state index in [9.17, 15) is 14.4 Å². The topological polar surface area (TPSA) is 85.0 Å². The number of amides is 3. The molecule has 3 amide bonds. The molecule has 2 N–H and O–H groups in total. The molecule has 2 aromatic carbocycles. The van der Waals surface area contributed by atoms with Crippen LogP contribution < -0.4 is 10.6 Å². The van der Waals surface area contributed by atoms with Crippen molar-refractivity contribution in [3.8, 4) is 0 Å². The predicted molar refractivity (Wildman–Crippen MR) is 134 cm³/mol. The first-order chi connectivity index (χ1) is 17.0. The summed E-state index contributed by atoms with van der Waals surface area (Å²) in [6, 6.07) is 14.6. The summed E-state index contributed by atoms with van der Waals surface area (Å²) >= 11 is 0. The Morgan fingerprint density at radius 1 is 0.943 bits per heavy atom. The first-order valence-electron chi connectivity index (χ1n) is 12.6. The second-order valence-corrected chi connectivity index (χ2v) is 9.61. The van der Waals surface area contributed by atoms with Crippen LogP contribution in [0.2, 0.25) is 0 Å². The zero-order chi connectivity index (χ0) is 24.4. The quantitative estimate of drug-likeness (QED) is 0.612. The summed E-state index contributed by atoms with van der Waals surface area (Å²) < 4.78 is 0. The highest BCUT2D eigenvalue weighted by molar-refractivity contribution is 6.05. The number of benzene rings is 2. The Kier molecular flexibility index (Phi) is 6.83. The molecule has 0 spiro atoms. The molecule has 1 atom stereocenters. The van der Waals surface area contributed by atoms with Crippen molar-refractivity contribution in [2.75, 3.05) is 44.6 Å². The van der Waals surface area contributed by atoms with Gasteiger partial charge in [-0.25, -0.2) is 0 Å². The molecule has 2 heterocycles. The minimum Gasteiger partial charge on any atom is -0.345 e. The van der Waals surface area contributed by atoms with Crippen LogP contribution >= 0.6 is 0 Å². The summed E-state index contributed by atoms with van der Waals surface area (Å²) in [4.78, 5) is 44.9. The number of fused-ring (bicyclic) bond motifs is 1. The smallest absolute Gasteiger partial charge is 0.255 e.